The van der Waals surface area contributed by atoms with Gasteiger partial charge in [-0.15, -0.1) is 0 Å². The summed E-state index contributed by atoms with van der Waals surface area (Å²) in [5, 5.41) is 4.91. The Hall–Kier alpha value is -1.82. The lowest BCUT2D eigenvalue weighted by molar-refractivity contribution is -0.120. The predicted molar refractivity (Wildman–Crippen MR) is 114 cm³/mol. The molecule has 0 radical (unpaired) electrons. The van der Waals surface area contributed by atoms with Crippen molar-refractivity contribution in [3.63, 3.8) is 0 Å². The molecule has 0 bridgehead atoms. The molecule has 1 aliphatic heterocycles. The molecule has 0 spiro atoms. The molecule has 7 heteroatoms. The number of aryl methyl sites for hydroxylation is 1. The van der Waals surface area contributed by atoms with Gasteiger partial charge in [0, 0.05) is 24.7 Å². The van der Waals surface area contributed by atoms with Crippen molar-refractivity contribution in [2.75, 3.05) is 23.3 Å². The van der Waals surface area contributed by atoms with E-state index in [-0.39, 0.29) is 11.8 Å². The fraction of sp³-hybridized carbons (Fsp3) is 0.300. The van der Waals surface area contributed by atoms with Gasteiger partial charge in [0.2, 0.25) is 5.91 Å². The number of nitrogens with zero attached hydrogens (tertiary/aromatic N) is 2. The molecule has 1 amide bonds. The van der Waals surface area contributed by atoms with E-state index >= 15 is 0 Å². The van der Waals surface area contributed by atoms with Crippen LogP contribution >= 0.6 is 34.5 Å². The van der Waals surface area contributed by atoms with Crippen molar-refractivity contribution in [1.29, 1.82) is 0 Å². The van der Waals surface area contributed by atoms with E-state index < -0.39 is 0 Å². The standard InChI is InChI=1S/C20H19Cl2N3OS/c1-12-2-5-17-18(10-12)27-20(24-17)25-8-6-13(7-9-25)19(26)23-14-3-4-15(21)16(22)11-14/h2-5,10-11,13H,6-9H2,1H3,(H,23,26). The molecule has 2 aromatic carbocycles. The van der Waals surface area contributed by atoms with Crippen LogP contribution in [0.1, 0.15) is 18.4 Å². The molecule has 1 fully saturated rings. The number of halogens is 2. The Labute approximate surface area is 172 Å². The Bertz CT molecular complexity index is 996. The van der Waals surface area contributed by atoms with Gasteiger partial charge in [0.15, 0.2) is 5.13 Å². The van der Waals surface area contributed by atoms with Crippen LogP contribution in [0.4, 0.5) is 10.8 Å². The number of thiazole rings is 1. The van der Waals surface area contributed by atoms with Gasteiger partial charge in [0.1, 0.15) is 0 Å². The molecular formula is C20H19Cl2N3OS. The molecule has 140 valence electrons. The van der Waals surface area contributed by atoms with Crippen LogP contribution in [0.15, 0.2) is 36.4 Å². The minimum atomic E-state index is -0.00711. The Kier molecular flexibility index (Phi) is 5.26. The summed E-state index contributed by atoms with van der Waals surface area (Å²) in [6.45, 7) is 3.76. The van der Waals surface area contributed by atoms with Gasteiger partial charge in [-0.3, -0.25) is 4.79 Å². The third-order valence-corrected chi connectivity index (χ3v) is 6.67. The van der Waals surface area contributed by atoms with Crippen LogP contribution in [0.3, 0.4) is 0 Å². The molecule has 0 unspecified atom stereocenters. The molecule has 1 aromatic heterocycles. The van der Waals surface area contributed by atoms with Gasteiger partial charge in [-0.25, -0.2) is 4.98 Å². The monoisotopic (exact) mass is 419 g/mol. The van der Waals surface area contributed by atoms with Crippen LogP contribution in [0, 0.1) is 12.8 Å². The maximum Gasteiger partial charge on any atom is 0.227 e. The number of benzene rings is 2. The molecule has 27 heavy (non-hydrogen) atoms. The molecule has 1 saturated heterocycles. The topological polar surface area (TPSA) is 45.2 Å². The highest BCUT2D eigenvalue weighted by molar-refractivity contribution is 7.22. The Balaban J connectivity index is 1.38. The molecule has 3 aromatic rings. The molecule has 4 rings (SSSR count). The van der Waals surface area contributed by atoms with Crippen LogP contribution < -0.4 is 10.2 Å². The van der Waals surface area contributed by atoms with E-state index in [1.165, 1.54) is 10.3 Å². The molecule has 1 aliphatic rings. The second-order valence-electron chi connectivity index (χ2n) is 6.85. The fourth-order valence-corrected chi connectivity index (χ4v) is 4.72. The Morgan fingerprint density at radius 3 is 2.67 bits per heavy atom. The molecule has 0 aliphatic carbocycles. The molecule has 0 saturated carbocycles. The van der Waals surface area contributed by atoms with E-state index in [0.717, 1.165) is 36.6 Å². The zero-order valence-corrected chi connectivity index (χ0v) is 17.2. The summed E-state index contributed by atoms with van der Waals surface area (Å²) < 4.78 is 1.21. The Morgan fingerprint density at radius 1 is 1.15 bits per heavy atom. The quantitative estimate of drug-likeness (QED) is 0.586. The maximum atomic E-state index is 12.6. The van der Waals surface area contributed by atoms with Crippen molar-refractivity contribution < 1.29 is 4.79 Å². The molecule has 0 atom stereocenters. The highest BCUT2D eigenvalue weighted by Gasteiger charge is 2.26. The van der Waals surface area contributed by atoms with E-state index in [9.17, 15) is 4.79 Å². The Morgan fingerprint density at radius 2 is 1.93 bits per heavy atom. The van der Waals surface area contributed by atoms with Crippen LogP contribution in [0.25, 0.3) is 10.2 Å². The van der Waals surface area contributed by atoms with Crippen LogP contribution in [0.5, 0.6) is 0 Å². The number of fused-ring (bicyclic) bond motifs is 1. The van der Waals surface area contributed by atoms with Gasteiger partial charge in [-0.1, -0.05) is 40.6 Å². The van der Waals surface area contributed by atoms with Gasteiger partial charge >= 0.3 is 0 Å². The summed E-state index contributed by atoms with van der Waals surface area (Å²) in [5.41, 5.74) is 2.97. The van der Waals surface area contributed by atoms with Gasteiger partial charge in [0.05, 0.1) is 20.3 Å². The highest BCUT2D eigenvalue weighted by atomic mass is 35.5. The van der Waals surface area contributed by atoms with Crippen LogP contribution in [0.2, 0.25) is 10.0 Å². The van der Waals surface area contributed by atoms with Crippen molar-refractivity contribution in [3.8, 4) is 0 Å². The predicted octanol–water partition coefficient (Wildman–Crippen LogP) is 5.77. The first-order valence-corrected chi connectivity index (χ1v) is 10.4. The first-order chi connectivity index (χ1) is 13.0. The minimum absolute atomic E-state index is 0.00711. The summed E-state index contributed by atoms with van der Waals surface area (Å²) in [6.07, 6.45) is 1.62. The van der Waals surface area contributed by atoms with Crippen molar-refractivity contribution >= 4 is 61.5 Å². The first kappa shape index (κ1) is 18.5. The summed E-state index contributed by atoms with van der Waals surface area (Å²) in [6, 6.07) is 11.5. The zero-order valence-electron chi connectivity index (χ0n) is 14.8. The summed E-state index contributed by atoms with van der Waals surface area (Å²) in [5.74, 6) is 0.0280. The van der Waals surface area contributed by atoms with Crippen molar-refractivity contribution in [3.05, 3.63) is 52.0 Å². The van der Waals surface area contributed by atoms with E-state index in [1.807, 2.05) is 0 Å². The molecule has 1 N–H and O–H groups in total. The second-order valence-corrected chi connectivity index (χ2v) is 8.67. The number of piperidine rings is 1. The lowest BCUT2D eigenvalue weighted by atomic mass is 9.96. The number of anilines is 2. The number of aromatic nitrogens is 1. The summed E-state index contributed by atoms with van der Waals surface area (Å²) >= 11 is 13.7. The van der Waals surface area contributed by atoms with Crippen LogP contribution in [-0.2, 0) is 4.79 Å². The van der Waals surface area contributed by atoms with E-state index in [1.54, 1.807) is 29.5 Å². The number of nitrogens with one attached hydrogen (secondary N) is 1. The highest BCUT2D eigenvalue weighted by Crippen LogP contribution is 2.32. The van der Waals surface area contributed by atoms with E-state index in [0.29, 0.717) is 15.7 Å². The molecule has 4 nitrogen and oxygen atoms in total. The van der Waals surface area contributed by atoms with Gasteiger partial charge < -0.3 is 10.2 Å². The third kappa shape index (κ3) is 4.05. The number of carbonyl (C=O) groups excluding carboxylic acids is 1. The number of rotatable bonds is 3. The minimum Gasteiger partial charge on any atom is -0.348 e. The average molecular weight is 420 g/mol. The second kappa shape index (κ2) is 7.66. The third-order valence-electron chi connectivity index (χ3n) is 4.86. The van der Waals surface area contributed by atoms with Crippen molar-refractivity contribution in [2.45, 2.75) is 19.8 Å². The number of hydrogen-bond acceptors (Lipinski definition) is 4. The fourth-order valence-electron chi connectivity index (χ4n) is 3.31. The lowest BCUT2D eigenvalue weighted by Gasteiger charge is -2.31. The van der Waals surface area contributed by atoms with Gasteiger partial charge in [-0.2, -0.15) is 0 Å². The van der Waals surface area contributed by atoms with E-state index in [4.69, 9.17) is 28.2 Å². The normalized spacial score (nSPS) is 15.3. The van der Waals surface area contributed by atoms with Crippen molar-refractivity contribution in [1.82, 2.24) is 4.98 Å². The number of amides is 1. The summed E-state index contributed by atoms with van der Waals surface area (Å²) in [4.78, 5) is 19.6. The lowest BCUT2D eigenvalue weighted by Crippen LogP contribution is -2.38. The first-order valence-electron chi connectivity index (χ1n) is 8.87. The zero-order chi connectivity index (χ0) is 19.0. The van der Waals surface area contributed by atoms with Crippen molar-refractivity contribution in [2.24, 2.45) is 5.92 Å². The molecular weight excluding hydrogens is 401 g/mol. The van der Waals surface area contributed by atoms with Crippen LogP contribution in [-0.4, -0.2) is 24.0 Å². The SMILES string of the molecule is Cc1ccc2nc(N3CCC(C(=O)Nc4ccc(Cl)c(Cl)c4)CC3)sc2c1. The molecule has 2 heterocycles. The average Bonchev–Trinajstić information content (AvgIpc) is 3.08. The number of hydrogen-bond donors (Lipinski definition) is 1. The largest absolute Gasteiger partial charge is 0.348 e. The van der Waals surface area contributed by atoms with Gasteiger partial charge in [0.25, 0.3) is 0 Å². The number of carbonyl (C=O) groups is 1. The summed E-state index contributed by atoms with van der Waals surface area (Å²) in [7, 11) is 0. The smallest absolute Gasteiger partial charge is 0.227 e. The van der Waals surface area contributed by atoms with E-state index in [2.05, 4.69) is 35.3 Å². The maximum absolute atomic E-state index is 12.6. The van der Waals surface area contributed by atoms with Gasteiger partial charge in [-0.05, 0) is 55.7 Å².